The highest BCUT2D eigenvalue weighted by molar-refractivity contribution is 5.99. The molecule has 0 spiro atoms. The van der Waals surface area contributed by atoms with Crippen molar-refractivity contribution >= 4 is 22.5 Å². The van der Waals surface area contributed by atoms with Crippen molar-refractivity contribution in [1.29, 1.82) is 0 Å². The molecule has 0 bridgehead atoms. The fourth-order valence-corrected chi connectivity index (χ4v) is 3.11. The third kappa shape index (κ3) is 3.57. The number of hydrogen-bond acceptors (Lipinski definition) is 4. The number of nitrogens with zero attached hydrogens (tertiary/aromatic N) is 3. The number of nitrogens with one attached hydrogen (secondary N) is 2. The molecule has 0 aliphatic heterocycles. The fraction of sp³-hybridized carbons (Fsp3) is 0.136. The molecule has 4 rings (SSSR count). The van der Waals surface area contributed by atoms with Gasteiger partial charge in [-0.2, -0.15) is 0 Å². The largest absolute Gasteiger partial charge is 0.377 e. The SMILES string of the molecule is CN(C)c1cc(C(=O)NCc2ncc(-c3ccccc3)[nH]2)nc2ccccc12. The average Bonchev–Trinajstić information content (AvgIpc) is 3.21. The van der Waals surface area contributed by atoms with Crippen molar-refractivity contribution in [3.05, 3.63) is 78.4 Å². The fourth-order valence-electron chi connectivity index (χ4n) is 3.11. The van der Waals surface area contributed by atoms with Crippen molar-refractivity contribution in [3.63, 3.8) is 0 Å². The molecule has 140 valence electrons. The van der Waals surface area contributed by atoms with Crippen molar-refractivity contribution in [2.24, 2.45) is 0 Å². The smallest absolute Gasteiger partial charge is 0.270 e. The second kappa shape index (κ2) is 7.52. The van der Waals surface area contributed by atoms with E-state index in [1.807, 2.05) is 79.7 Å². The standard InChI is InChI=1S/C22H21N5O/c1-27(2)20-12-18(25-17-11-7-6-10-16(17)20)22(28)24-14-21-23-13-19(26-21)15-8-4-3-5-9-15/h3-13H,14H2,1-2H3,(H,23,26)(H,24,28). The number of hydrogen-bond donors (Lipinski definition) is 2. The van der Waals surface area contributed by atoms with E-state index in [1.165, 1.54) is 0 Å². The number of H-pyrrole nitrogens is 1. The maximum atomic E-state index is 12.7. The first-order chi connectivity index (χ1) is 13.6. The molecule has 0 fully saturated rings. The summed E-state index contributed by atoms with van der Waals surface area (Å²) in [7, 11) is 3.91. The molecular formula is C22H21N5O. The van der Waals surface area contributed by atoms with E-state index in [1.54, 1.807) is 6.20 Å². The zero-order valence-corrected chi connectivity index (χ0v) is 15.8. The van der Waals surface area contributed by atoms with Crippen molar-refractivity contribution in [2.45, 2.75) is 6.54 Å². The van der Waals surface area contributed by atoms with Crippen molar-refractivity contribution in [3.8, 4) is 11.3 Å². The summed E-state index contributed by atoms with van der Waals surface area (Å²) in [5.41, 5.74) is 4.11. The normalized spacial score (nSPS) is 10.8. The molecule has 0 unspecified atom stereocenters. The maximum Gasteiger partial charge on any atom is 0.270 e. The van der Waals surface area contributed by atoms with E-state index in [0.29, 0.717) is 18.1 Å². The van der Waals surface area contributed by atoms with E-state index in [9.17, 15) is 4.79 Å². The molecule has 0 saturated heterocycles. The van der Waals surface area contributed by atoms with E-state index < -0.39 is 0 Å². The molecule has 0 saturated carbocycles. The van der Waals surface area contributed by atoms with Gasteiger partial charge in [0.15, 0.2) is 0 Å². The Morgan fingerprint density at radius 1 is 1.07 bits per heavy atom. The number of pyridine rings is 1. The van der Waals surface area contributed by atoms with Gasteiger partial charge >= 0.3 is 0 Å². The highest BCUT2D eigenvalue weighted by atomic mass is 16.1. The van der Waals surface area contributed by atoms with E-state index in [4.69, 9.17) is 0 Å². The number of anilines is 1. The lowest BCUT2D eigenvalue weighted by Crippen LogP contribution is -2.25. The van der Waals surface area contributed by atoms with E-state index in [-0.39, 0.29) is 5.91 Å². The number of carbonyl (C=O) groups is 1. The summed E-state index contributed by atoms with van der Waals surface area (Å²) in [6.45, 7) is 0.303. The molecule has 2 heterocycles. The zero-order chi connectivity index (χ0) is 19.5. The Labute approximate surface area is 163 Å². The van der Waals surface area contributed by atoms with Crippen LogP contribution in [0.1, 0.15) is 16.3 Å². The van der Waals surface area contributed by atoms with Crippen LogP contribution < -0.4 is 10.2 Å². The van der Waals surface area contributed by atoms with Gasteiger partial charge in [-0.15, -0.1) is 0 Å². The van der Waals surface area contributed by atoms with Gasteiger partial charge in [0.2, 0.25) is 0 Å². The van der Waals surface area contributed by atoms with Gasteiger partial charge in [-0.1, -0.05) is 48.5 Å². The maximum absolute atomic E-state index is 12.7. The van der Waals surface area contributed by atoms with Crippen LogP contribution >= 0.6 is 0 Å². The first-order valence-electron chi connectivity index (χ1n) is 9.06. The Bertz CT molecular complexity index is 1120. The number of imidazole rings is 1. The number of carbonyl (C=O) groups excluding carboxylic acids is 1. The Morgan fingerprint density at radius 3 is 2.61 bits per heavy atom. The van der Waals surface area contributed by atoms with Gasteiger partial charge in [0.1, 0.15) is 11.5 Å². The predicted octanol–water partition coefficient (Wildman–Crippen LogP) is 3.62. The minimum Gasteiger partial charge on any atom is -0.377 e. The first-order valence-corrected chi connectivity index (χ1v) is 9.06. The van der Waals surface area contributed by atoms with E-state index in [2.05, 4.69) is 20.3 Å². The molecule has 2 aromatic heterocycles. The van der Waals surface area contributed by atoms with Crippen LogP contribution in [0.4, 0.5) is 5.69 Å². The third-order valence-corrected chi connectivity index (χ3v) is 4.54. The summed E-state index contributed by atoms with van der Waals surface area (Å²) in [6.07, 6.45) is 1.77. The van der Waals surface area contributed by atoms with Crippen molar-refractivity contribution in [1.82, 2.24) is 20.3 Å². The number of fused-ring (bicyclic) bond motifs is 1. The molecule has 0 aliphatic rings. The lowest BCUT2D eigenvalue weighted by atomic mass is 10.1. The Balaban J connectivity index is 1.52. The van der Waals surface area contributed by atoms with Gasteiger partial charge in [-0.3, -0.25) is 4.79 Å². The summed E-state index contributed by atoms with van der Waals surface area (Å²) in [6, 6.07) is 19.6. The second-order valence-electron chi connectivity index (χ2n) is 6.73. The number of para-hydroxylation sites is 1. The van der Waals surface area contributed by atoms with Crippen LogP contribution in [0.3, 0.4) is 0 Å². The molecule has 2 N–H and O–H groups in total. The number of amides is 1. The lowest BCUT2D eigenvalue weighted by Gasteiger charge is -2.16. The first kappa shape index (κ1) is 17.7. The van der Waals surface area contributed by atoms with Crippen LogP contribution in [-0.2, 0) is 6.54 Å². The average molecular weight is 371 g/mol. The molecule has 4 aromatic rings. The molecule has 28 heavy (non-hydrogen) atoms. The van der Waals surface area contributed by atoms with Crippen LogP contribution in [0.25, 0.3) is 22.2 Å². The summed E-state index contributed by atoms with van der Waals surface area (Å²) >= 11 is 0. The van der Waals surface area contributed by atoms with Gasteiger partial charge in [-0.05, 0) is 17.7 Å². The molecule has 1 amide bonds. The van der Waals surface area contributed by atoms with Gasteiger partial charge in [0.05, 0.1) is 24.0 Å². The number of aromatic amines is 1. The molecule has 0 atom stereocenters. The van der Waals surface area contributed by atoms with E-state index in [0.717, 1.165) is 27.8 Å². The molecular weight excluding hydrogens is 350 g/mol. The number of rotatable bonds is 5. The van der Waals surface area contributed by atoms with E-state index >= 15 is 0 Å². The zero-order valence-electron chi connectivity index (χ0n) is 15.8. The Hall–Kier alpha value is -3.67. The minimum atomic E-state index is -0.230. The highest BCUT2D eigenvalue weighted by Gasteiger charge is 2.13. The van der Waals surface area contributed by atoms with Crippen LogP contribution in [0, 0.1) is 0 Å². The van der Waals surface area contributed by atoms with Crippen LogP contribution in [0.5, 0.6) is 0 Å². The van der Waals surface area contributed by atoms with Gasteiger partial charge < -0.3 is 15.2 Å². The number of benzene rings is 2. The lowest BCUT2D eigenvalue weighted by molar-refractivity contribution is 0.0945. The van der Waals surface area contributed by atoms with Gasteiger partial charge in [0, 0.05) is 25.2 Å². The summed E-state index contributed by atoms with van der Waals surface area (Å²) < 4.78 is 0. The van der Waals surface area contributed by atoms with Crippen molar-refractivity contribution < 1.29 is 4.79 Å². The topological polar surface area (TPSA) is 73.9 Å². The molecule has 0 radical (unpaired) electrons. The summed E-state index contributed by atoms with van der Waals surface area (Å²) in [5, 5.41) is 3.91. The van der Waals surface area contributed by atoms with Crippen LogP contribution in [0.15, 0.2) is 66.9 Å². The molecule has 6 heteroatoms. The third-order valence-electron chi connectivity index (χ3n) is 4.54. The Morgan fingerprint density at radius 2 is 1.82 bits per heavy atom. The van der Waals surface area contributed by atoms with Crippen molar-refractivity contribution in [2.75, 3.05) is 19.0 Å². The summed E-state index contributed by atoms with van der Waals surface area (Å²) in [5.74, 6) is 0.465. The van der Waals surface area contributed by atoms with Crippen LogP contribution in [0.2, 0.25) is 0 Å². The van der Waals surface area contributed by atoms with Crippen LogP contribution in [-0.4, -0.2) is 35.0 Å². The number of aromatic nitrogens is 3. The Kier molecular flexibility index (Phi) is 4.76. The predicted molar refractivity (Wildman–Crippen MR) is 111 cm³/mol. The molecule has 2 aromatic carbocycles. The second-order valence-corrected chi connectivity index (χ2v) is 6.73. The molecule has 6 nitrogen and oxygen atoms in total. The monoisotopic (exact) mass is 371 g/mol. The van der Waals surface area contributed by atoms with Gasteiger partial charge in [-0.25, -0.2) is 9.97 Å². The highest BCUT2D eigenvalue weighted by Crippen LogP contribution is 2.25. The minimum absolute atomic E-state index is 0.230. The van der Waals surface area contributed by atoms with Gasteiger partial charge in [0.25, 0.3) is 5.91 Å². The molecule has 0 aliphatic carbocycles. The summed E-state index contributed by atoms with van der Waals surface area (Å²) in [4.78, 5) is 26.8. The quantitative estimate of drug-likeness (QED) is 0.562.